The predicted octanol–water partition coefficient (Wildman–Crippen LogP) is 2.45. The average Bonchev–Trinajstić information content (AvgIpc) is 2.66. The fourth-order valence-corrected chi connectivity index (χ4v) is 2.42. The van der Waals surface area contributed by atoms with Crippen molar-refractivity contribution in [3.05, 3.63) is 59.7 Å². The summed E-state index contributed by atoms with van der Waals surface area (Å²) in [4.78, 5) is 22.4. The van der Waals surface area contributed by atoms with Crippen molar-refractivity contribution in [3.63, 3.8) is 0 Å². The highest BCUT2D eigenvalue weighted by molar-refractivity contribution is 5.76. The van der Waals surface area contributed by atoms with Crippen LogP contribution in [0.15, 0.2) is 48.5 Å². The second-order valence-electron chi connectivity index (χ2n) is 5.78. The van der Waals surface area contributed by atoms with Crippen LogP contribution in [-0.2, 0) is 22.4 Å². The number of carbonyl (C=O) groups excluding carboxylic acids is 1. The third-order valence-corrected chi connectivity index (χ3v) is 3.80. The highest BCUT2D eigenvalue weighted by atomic mass is 16.5. The number of hydrogen-bond acceptors (Lipinski definition) is 4. The van der Waals surface area contributed by atoms with E-state index in [2.05, 4.69) is 5.32 Å². The Hall–Kier alpha value is -3.02. The van der Waals surface area contributed by atoms with Crippen LogP contribution in [0.25, 0.3) is 0 Å². The van der Waals surface area contributed by atoms with E-state index in [9.17, 15) is 9.59 Å². The Morgan fingerprint density at radius 3 is 2.46 bits per heavy atom. The Labute approximate surface area is 152 Å². The number of ether oxygens (including phenoxy) is 2. The number of carboxylic acid groups (broad SMARTS) is 1. The van der Waals surface area contributed by atoms with Gasteiger partial charge in [-0.1, -0.05) is 24.3 Å². The van der Waals surface area contributed by atoms with Crippen molar-refractivity contribution in [2.24, 2.45) is 0 Å². The summed E-state index contributed by atoms with van der Waals surface area (Å²) in [6.07, 6.45) is 1.79. The Balaban J connectivity index is 1.68. The van der Waals surface area contributed by atoms with Crippen LogP contribution in [0.5, 0.6) is 11.5 Å². The number of aryl methyl sites for hydroxylation is 1. The quantitative estimate of drug-likeness (QED) is 0.682. The maximum Gasteiger partial charge on any atom is 0.341 e. The molecule has 138 valence electrons. The molecule has 2 N–H and O–H groups in total. The Morgan fingerprint density at radius 1 is 1.00 bits per heavy atom. The van der Waals surface area contributed by atoms with Crippen LogP contribution in [0.2, 0.25) is 0 Å². The molecule has 6 heteroatoms. The van der Waals surface area contributed by atoms with Crippen molar-refractivity contribution < 1.29 is 24.2 Å². The number of benzene rings is 2. The molecule has 0 aliphatic heterocycles. The lowest BCUT2D eigenvalue weighted by Crippen LogP contribution is -2.25. The molecular formula is C20H23NO5. The summed E-state index contributed by atoms with van der Waals surface area (Å²) in [7, 11) is 1.62. The van der Waals surface area contributed by atoms with Gasteiger partial charge in [-0.15, -0.1) is 0 Å². The normalized spacial score (nSPS) is 10.2. The van der Waals surface area contributed by atoms with Crippen LogP contribution in [-0.4, -0.2) is 37.2 Å². The zero-order chi connectivity index (χ0) is 18.8. The average molecular weight is 357 g/mol. The maximum atomic E-state index is 11.9. The first-order chi connectivity index (χ1) is 12.6. The molecule has 6 nitrogen and oxygen atoms in total. The minimum Gasteiger partial charge on any atom is -0.497 e. The number of aliphatic carboxylic acids is 1. The molecule has 0 bridgehead atoms. The van der Waals surface area contributed by atoms with Gasteiger partial charge in [0.05, 0.1) is 7.11 Å². The number of carbonyl (C=O) groups is 2. The summed E-state index contributed by atoms with van der Waals surface area (Å²) in [5, 5.41) is 11.5. The van der Waals surface area contributed by atoms with E-state index in [1.807, 2.05) is 36.4 Å². The fraction of sp³-hybridized carbons (Fsp3) is 0.300. The topological polar surface area (TPSA) is 84.9 Å². The zero-order valence-corrected chi connectivity index (χ0v) is 14.7. The molecule has 0 aliphatic rings. The molecule has 0 atom stereocenters. The van der Waals surface area contributed by atoms with Gasteiger partial charge in [0.2, 0.25) is 5.91 Å². The Bertz CT molecular complexity index is 727. The van der Waals surface area contributed by atoms with Crippen LogP contribution in [0, 0.1) is 0 Å². The number of amides is 1. The smallest absolute Gasteiger partial charge is 0.341 e. The lowest BCUT2D eigenvalue weighted by atomic mass is 10.1. The number of rotatable bonds is 10. The first kappa shape index (κ1) is 19.3. The summed E-state index contributed by atoms with van der Waals surface area (Å²) in [5.74, 6) is 0.303. The molecule has 0 fully saturated rings. The number of carboxylic acids is 1. The minimum absolute atomic E-state index is 0.00855. The van der Waals surface area contributed by atoms with E-state index in [0.29, 0.717) is 31.6 Å². The zero-order valence-electron chi connectivity index (χ0n) is 14.7. The molecular weight excluding hydrogens is 334 g/mol. The summed E-state index contributed by atoms with van der Waals surface area (Å²) in [6.45, 7) is 0.189. The SMILES string of the molecule is COc1cccc(CCC(=O)NCCc2ccc(OCC(=O)O)cc2)c1. The van der Waals surface area contributed by atoms with E-state index >= 15 is 0 Å². The number of nitrogens with one attached hydrogen (secondary N) is 1. The van der Waals surface area contributed by atoms with Gasteiger partial charge in [-0.3, -0.25) is 4.79 Å². The van der Waals surface area contributed by atoms with Crippen molar-refractivity contribution in [1.29, 1.82) is 0 Å². The molecule has 1 amide bonds. The second-order valence-corrected chi connectivity index (χ2v) is 5.78. The highest BCUT2D eigenvalue weighted by Crippen LogP contribution is 2.14. The van der Waals surface area contributed by atoms with Gasteiger partial charge < -0.3 is 19.9 Å². The number of methoxy groups -OCH3 is 1. The first-order valence-corrected chi connectivity index (χ1v) is 8.40. The second kappa shape index (κ2) is 10.1. The number of hydrogen-bond donors (Lipinski definition) is 2. The molecule has 0 aromatic heterocycles. The molecule has 0 unspecified atom stereocenters. The van der Waals surface area contributed by atoms with Gasteiger partial charge in [0.25, 0.3) is 0 Å². The van der Waals surface area contributed by atoms with Gasteiger partial charge in [-0.2, -0.15) is 0 Å². The van der Waals surface area contributed by atoms with E-state index in [-0.39, 0.29) is 12.5 Å². The van der Waals surface area contributed by atoms with Crippen LogP contribution >= 0.6 is 0 Å². The van der Waals surface area contributed by atoms with Crippen molar-refractivity contribution in [2.45, 2.75) is 19.3 Å². The third kappa shape index (κ3) is 6.84. The van der Waals surface area contributed by atoms with Crippen molar-refractivity contribution in [2.75, 3.05) is 20.3 Å². The van der Waals surface area contributed by atoms with Gasteiger partial charge in [0, 0.05) is 13.0 Å². The van der Waals surface area contributed by atoms with E-state index in [4.69, 9.17) is 14.6 Å². The molecule has 2 aromatic rings. The van der Waals surface area contributed by atoms with Crippen LogP contribution in [0.1, 0.15) is 17.5 Å². The summed E-state index contributed by atoms with van der Waals surface area (Å²) in [6, 6.07) is 14.9. The van der Waals surface area contributed by atoms with E-state index in [0.717, 1.165) is 16.9 Å². The van der Waals surface area contributed by atoms with Crippen LogP contribution in [0.3, 0.4) is 0 Å². The van der Waals surface area contributed by atoms with Gasteiger partial charge >= 0.3 is 5.97 Å². The maximum absolute atomic E-state index is 11.9. The third-order valence-electron chi connectivity index (χ3n) is 3.80. The molecule has 0 saturated heterocycles. The molecule has 0 aliphatic carbocycles. The monoisotopic (exact) mass is 357 g/mol. The van der Waals surface area contributed by atoms with Gasteiger partial charge in [0.1, 0.15) is 11.5 Å². The van der Waals surface area contributed by atoms with E-state index in [1.54, 1.807) is 19.2 Å². The lowest BCUT2D eigenvalue weighted by molar-refractivity contribution is -0.139. The molecule has 0 spiro atoms. The lowest BCUT2D eigenvalue weighted by Gasteiger charge is -2.08. The molecule has 0 heterocycles. The molecule has 26 heavy (non-hydrogen) atoms. The molecule has 2 rings (SSSR count). The summed E-state index contributed by atoms with van der Waals surface area (Å²) < 4.78 is 10.2. The van der Waals surface area contributed by atoms with E-state index in [1.165, 1.54) is 0 Å². The standard InChI is InChI=1S/C20H23NO5/c1-25-18-4-2-3-16(13-18)7-10-19(22)21-12-11-15-5-8-17(9-6-15)26-14-20(23)24/h2-6,8-9,13H,7,10-12,14H2,1H3,(H,21,22)(H,23,24). The summed E-state index contributed by atoms with van der Waals surface area (Å²) >= 11 is 0. The van der Waals surface area contributed by atoms with Crippen molar-refractivity contribution >= 4 is 11.9 Å². The van der Waals surface area contributed by atoms with E-state index < -0.39 is 5.97 Å². The van der Waals surface area contributed by atoms with Gasteiger partial charge in [-0.05, 0) is 48.2 Å². The predicted molar refractivity (Wildman–Crippen MR) is 97.6 cm³/mol. The van der Waals surface area contributed by atoms with Crippen LogP contribution < -0.4 is 14.8 Å². The minimum atomic E-state index is -1.01. The van der Waals surface area contributed by atoms with Crippen molar-refractivity contribution in [1.82, 2.24) is 5.32 Å². The van der Waals surface area contributed by atoms with Gasteiger partial charge in [-0.25, -0.2) is 4.79 Å². The largest absolute Gasteiger partial charge is 0.497 e. The van der Waals surface area contributed by atoms with Crippen molar-refractivity contribution in [3.8, 4) is 11.5 Å². The highest BCUT2D eigenvalue weighted by Gasteiger charge is 2.04. The van der Waals surface area contributed by atoms with Crippen LogP contribution in [0.4, 0.5) is 0 Å². The molecule has 0 saturated carbocycles. The first-order valence-electron chi connectivity index (χ1n) is 8.40. The van der Waals surface area contributed by atoms with Gasteiger partial charge in [0.15, 0.2) is 6.61 Å². The Morgan fingerprint density at radius 2 is 1.77 bits per heavy atom. The fourth-order valence-electron chi connectivity index (χ4n) is 2.42. The molecule has 2 aromatic carbocycles. The Kier molecular flexibility index (Phi) is 7.49. The molecule has 0 radical (unpaired) electrons. The summed E-state index contributed by atoms with van der Waals surface area (Å²) in [5.41, 5.74) is 2.11.